The number of nitrogens with zero attached hydrogens (tertiary/aromatic N) is 4. The average molecular weight is 697 g/mol. The fourth-order valence-electron chi connectivity index (χ4n) is 11.6. The van der Waals surface area contributed by atoms with Crippen molar-refractivity contribution in [3.05, 3.63) is 168 Å². The first-order valence-corrected chi connectivity index (χ1v) is 19.8. The lowest BCUT2D eigenvalue weighted by molar-refractivity contribution is -0.00938. The third-order valence-electron chi connectivity index (χ3n) is 13.4. The number of para-hydroxylation sites is 2. The van der Waals surface area contributed by atoms with Crippen LogP contribution < -0.4 is 0 Å². The molecule has 0 unspecified atom stereocenters. The van der Waals surface area contributed by atoms with Gasteiger partial charge in [0.05, 0.1) is 16.7 Å². The van der Waals surface area contributed by atoms with E-state index in [-0.39, 0.29) is 11.3 Å². The molecule has 54 heavy (non-hydrogen) atoms. The predicted molar refractivity (Wildman–Crippen MR) is 218 cm³/mol. The minimum absolute atomic E-state index is 0.0473. The van der Waals surface area contributed by atoms with Crippen LogP contribution in [0.5, 0.6) is 0 Å². The van der Waals surface area contributed by atoms with Gasteiger partial charge in [0.2, 0.25) is 0 Å². The predicted octanol–water partition coefficient (Wildman–Crippen LogP) is 11.9. The Kier molecular flexibility index (Phi) is 6.55. The Balaban J connectivity index is 1.05. The van der Waals surface area contributed by atoms with Gasteiger partial charge >= 0.3 is 0 Å². The van der Waals surface area contributed by atoms with E-state index in [1.807, 2.05) is 0 Å². The minimum atomic E-state index is 0.0473. The maximum absolute atomic E-state index is 5.52. The number of aromatic nitrogens is 4. The van der Waals surface area contributed by atoms with Crippen LogP contribution in [0.2, 0.25) is 0 Å². The zero-order valence-corrected chi connectivity index (χ0v) is 30.2. The molecule has 4 heteroatoms. The van der Waals surface area contributed by atoms with Crippen molar-refractivity contribution in [2.75, 3.05) is 0 Å². The molecule has 8 aromatic rings. The largest absolute Gasteiger partial charge is 0.309 e. The van der Waals surface area contributed by atoms with Gasteiger partial charge in [0.25, 0.3) is 0 Å². The molecule has 0 saturated heterocycles. The normalized spacial score (nSPS) is 22.6. The van der Waals surface area contributed by atoms with Crippen molar-refractivity contribution in [2.45, 2.75) is 49.9 Å². The minimum Gasteiger partial charge on any atom is -0.309 e. The summed E-state index contributed by atoms with van der Waals surface area (Å²) in [6.07, 6.45) is 7.80. The van der Waals surface area contributed by atoms with Crippen molar-refractivity contribution in [1.29, 1.82) is 0 Å². The molecule has 0 radical (unpaired) electrons. The van der Waals surface area contributed by atoms with Crippen molar-refractivity contribution >= 4 is 21.8 Å². The number of hydrogen-bond acceptors (Lipinski definition) is 3. The van der Waals surface area contributed by atoms with Crippen LogP contribution in [0, 0.1) is 17.8 Å². The monoisotopic (exact) mass is 696 g/mol. The van der Waals surface area contributed by atoms with Gasteiger partial charge in [0.15, 0.2) is 11.6 Å². The van der Waals surface area contributed by atoms with Crippen molar-refractivity contribution in [3.8, 4) is 39.6 Å². The third-order valence-corrected chi connectivity index (χ3v) is 13.4. The molecule has 13 rings (SSSR count). The molecule has 2 heterocycles. The van der Waals surface area contributed by atoms with E-state index in [0.29, 0.717) is 0 Å². The fourth-order valence-corrected chi connectivity index (χ4v) is 11.6. The summed E-state index contributed by atoms with van der Waals surface area (Å²) in [5.41, 5.74) is 12.4. The van der Waals surface area contributed by atoms with Gasteiger partial charge < -0.3 is 4.57 Å². The summed E-state index contributed by atoms with van der Waals surface area (Å²) in [6.45, 7) is 0. The second-order valence-electron chi connectivity index (χ2n) is 16.6. The molecule has 0 aliphatic heterocycles. The molecular formula is C50H40N4. The van der Waals surface area contributed by atoms with Crippen LogP contribution in [0.1, 0.15) is 67.0 Å². The topological polar surface area (TPSA) is 43.6 Å². The quantitative estimate of drug-likeness (QED) is 0.180. The molecule has 0 atom stereocenters. The van der Waals surface area contributed by atoms with Gasteiger partial charge in [0, 0.05) is 33.2 Å². The summed E-state index contributed by atoms with van der Waals surface area (Å²) in [4.78, 5) is 16.2. The maximum Gasteiger partial charge on any atom is 0.165 e. The molecule has 6 aromatic carbocycles. The van der Waals surface area contributed by atoms with Gasteiger partial charge in [-0.05, 0) is 114 Å². The highest BCUT2D eigenvalue weighted by atomic mass is 15.1. The molecule has 0 spiro atoms. The second kappa shape index (κ2) is 11.6. The van der Waals surface area contributed by atoms with E-state index in [1.54, 1.807) is 0 Å². The molecule has 4 bridgehead atoms. The molecule has 4 nitrogen and oxygen atoms in total. The summed E-state index contributed by atoms with van der Waals surface area (Å²) >= 11 is 0. The van der Waals surface area contributed by atoms with Crippen LogP contribution in [0.3, 0.4) is 0 Å². The molecule has 5 aliphatic carbocycles. The Bertz CT molecular complexity index is 2700. The van der Waals surface area contributed by atoms with Crippen LogP contribution in [0.4, 0.5) is 0 Å². The number of rotatable bonds is 5. The highest BCUT2D eigenvalue weighted by Gasteiger charge is 2.53. The Morgan fingerprint density at radius 2 is 1.06 bits per heavy atom. The van der Waals surface area contributed by atoms with Crippen molar-refractivity contribution in [3.63, 3.8) is 0 Å². The van der Waals surface area contributed by atoms with Gasteiger partial charge in [-0.3, -0.25) is 0 Å². The summed E-state index contributed by atoms with van der Waals surface area (Å²) < 4.78 is 2.44. The standard InChI is InChI=1S/C50H40N4/c1-2-12-34(13-3-1)47-51-48(53-49(52-47)50-28-31-24-32(29-50)26-33(25-31)30-50)41-19-9-11-21-44(41)54-43-20-10-8-16-38(43)42-27-35(22-23-45(42)54)46-39-17-6-4-14-36(39)37-15-5-7-18-40(37)46/h1-23,27,31-33,46H,24-26,28-30H2. The molecular weight excluding hydrogens is 657 g/mol. The molecule has 2 aromatic heterocycles. The highest BCUT2D eigenvalue weighted by Crippen LogP contribution is 2.60. The first kappa shape index (κ1) is 30.6. The lowest BCUT2D eigenvalue weighted by Gasteiger charge is -2.56. The molecule has 0 amide bonds. The molecule has 4 fully saturated rings. The third kappa shape index (κ3) is 4.52. The first-order chi connectivity index (χ1) is 26.7. The second-order valence-corrected chi connectivity index (χ2v) is 16.6. The van der Waals surface area contributed by atoms with Gasteiger partial charge in [-0.2, -0.15) is 0 Å². The van der Waals surface area contributed by atoms with E-state index in [1.165, 1.54) is 88.1 Å². The van der Waals surface area contributed by atoms with E-state index in [9.17, 15) is 0 Å². The van der Waals surface area contributed by atoms with Crippen molar-refractivity contribution in [2.24, 2.45) is 17.8 Å². The molecule has 0 N–H and O–H groups in total. The highest BCUT2D eigenvalue weighted by molar-refractivity contribution is 6.10. The number of hydrogen-bond donors (Lipinski definition) is 0. The number of fused-ring (bicyclic) bond motifs is 6. The average Bonchev–Trinajstić information content (AvgIpc) is 3.73. The fraction of sp³-hybridized carbons (Fsp3) is 0.220. The van der Waals surface area contributed by atoms with E-state index in [0.717, 1.165) is 52.0 Å². The zero-order valence-electron chi connectivity index (χ0n) is 30.2. The molecule has 4 saturated carbocycles. The van der Waals surface area contributed by atoms with Crippen molar-refractivity contribution < 1.29 is 0 Å². The van der Waals surface area contributed by atoms with Crippen molar-refractivity contribution in [1.82, 2.24) is 19.5 Å². The summed E-state index contributed by atoms with van der Waals surface area (Å²) in [5.74, 6) is 5.18. The Morgan fingerprint density at radius 1 is 0.481 bits per heavy atom. The summed E-state index contributed by atoms with van der Waals surface area (Å²) in [5, 5.41) is 2.51. The van der Waals surface area contributed by atoms with Crippen LogP contribution in [-0.2, 0) is 5.41 Å². The van der Waals surface area contributed by atoms with Gasteiger partial charge in [-0.15, -0.1) is 0 Å². The van der Waals surface area contributed by atoms with Gasteiger partial charge in [-0.25, -0.2) is 15.0 Å². The smallest absolute Gasteiger partial charge is 0.165 e. The van der Waals surface area contributed by atoms with Crippen LogP contribution in [-0.4, -0.2) is 19.5 Å². The lowest BCUT2D eigenvalue weighted by atomic mass is 9.49. The van der Waals surface area contributed by atoms with Crippen LogP contribution in [0.25, 0.3) is 61.4 Å². The van der Waals surface area contributed by atoms with E-state index in [4.69, 9.17) is 15.0 Å². The SMILES string of the molecule is c1ccc(-c2nc(-c3ccccc3-n3c4ccccc4c4cc(C5c6ccccc6-c6ccccc65)ccc43)nc(C34CC5CC(CC(C5)C3)C4)n2)cc1. The summed E-state index contributed by atoms with van der Waals surface area (Å²) in [7, 11) is 0. The van der Waals surface area contributed by atoms with Gasteiger partial charge in [0.1, 0.15) is 5.82 Å². The first-order valence-electron chi connectivity index (χ1n) is 19.8. The van der Waals surface area contributed by atoms with E-state index < -0.39 is 0 Å². The zero-order chi connectivity index (χ0) is 35.4. The summed E-state index contributed by atoms with van der Waals surface area (Å²) in [6, 6.07) is 53.1. The van der Waals surface area contributed by atoms with Gasteiger partial charge in [-0.1, -0.05) is 115 Å². The maximum atomic E-state index is 5.52. The van der Waals surface area contributed by atoms with E-state index >= 15 is 0 Å². The Hall–Kier alpha value is -5.87. The Morgan fingerprint density at radius 3 is 1.78 bits per heavy atom. The van der Waals surface area contributed by atoms with Crippen LogP contribution in [0.15, 0.2) is 146 Å². The molecule has 5 aliphatic rings. The Labute approximate surface area is 315 Å². The lowest BCUT2D eigenvalue weighted by Crippen LogP contribution is -2.49. The van der Waals surface area contributed by atoms with E-state index in [2.05, 4.69) is 150 Å². The number of benzene rings is 6. The molecule has 260 valence electrons. The van der Waals surface area contributed by atoms with Crippen LogP contribution >= 0.6 is 0 Å².